The van der Waals surface area contributed by atoms with Crippen LogP contribution < -0.4 is 0 Å². The van der Waals surface area contributed by atoms with Crippen molar-refractivity contribution in [2.45, 2.75) is 71.1 Å². The second-order valence-electron chi connectivity index (χ2n) is 6.66. The molecule has 2 rings (SSSR count). The first-order valence-corrected chi connectivity index (χ1v) is 8.49. The van der Waals surface area contributed by atoms with Gasteiger partial charge in [-0.1, -0.05) is 64.5 Å². The summed E-state index contributed by atoms with van der Waals surface area (Å²) in [6.45, 7) is 4.64. The van der Waals surface area contributed by atoms with Gasteiger partial charge >= 0.3 is 0 Å². The molecule has 1 aliphatic carbocycles. The zero-order valence-electron chi connectivity index (χ0n) is 13.1. The van der Waals surface area contributed by atoms with Gasteiger partial charge in [0.15, 0.2) is 0 Å². The van der Waals surface area contributed by atoms with E-state index in [1.54, 1.807) is 0 Å². The molecule has 112 valence electrons. The number of rotatable bonds is 6. The van der Waals surface area contributed by atoms with E-state index in [1.807, 2.05) is 12.1 Å². The Kier molecular flexibility index (Phi) is 5.94. The Hall–Kier alpha value is -0.980. The highest BCUT2D eigenvalue weighted by molar-refractivity contribution is 5.28. The van der Waals surface area contributed by atoms with Crippen molar-refractivity contribution in [2.75, 3.05) is 0 Å². The Morgan fingerprint density at radius 1 is 1.05 bits per heavy atom. The molecule has 20 heavy (non-hydrogen) atoms. The monoisotopic (exact) mass is 274 g/mol. The topological polar surface area (TPSA) is 20.2 Å². The lowest BCUT2D eigenvalue weighted by molar-refractivity contribution is 0.236. The van der Waals surface area contributed by atoms with Gasteiger partial charge < -0.3 is 5.11 Å². The van der Waals surface area contributed by atoms with Gasteiger partial charge in [0.2, 0.25) is 0 Å². The van der Waals surface area contributed by atoms with Crippen LogP contribution in [-0.4, -0.2) is 5.11 Å². The number of unbranched alkanes of at least 4 members (excludes halogenated alkanes) is 2. The molecule has 1 nitrogen and oxygen atoms in total. The SMILES string of the molecule is CCCCCC1CCC(C(C)c2ccc(O)cc2)CC1. The molecule has 0 aliphatic heterocycles. The maximum Gasteiger partial charge on any atom is 0.115 e. The van der Waals surface area contributed by atoms with Crippen LogP contribution in [0, 0.1) is 11.8 Å². The molecule has 0 radical (unpaired) electrons. The second kappa shape index (κ2) is 7.71. The highest BCUT2D eigenvalue weighted by Crippen LogP contribution is 2.39. The molecule has 0 heterocycles. The molecule has 0 aromatic heterocycles. The Morgan fingerprint density at radius 2 is 1.70 bits per heavy atom. The molecule has 1 aromatic rings. The van der Waals surface area contributed by atoms with Gasteiger partial charge in [0.1, 0.15) is 5.75 Å². The van der Waals surface area contributed by atoms with Crippen molar-refractivity contribution >= 4 is 0 Å². The fourth-order valence-electron chi connectivity index (χ4n) is 3.71. The van der Waals surface area contributed by atoms with Crippen LogP contribution in [0.15, 0.2) is 24.3 Å². The van der Waals surface area contributed by atoms with E-state index in [4.69, 9.17) is 0 Å². The van der Waals surface area contributed by atoms with Crippen LogP contribution in [0.1, 0.15) is 76.7 Å². The summed E-state index contributed by atoms with van der Waals surface area (Å²) in [5, 5.41) is 9.39. The molecule has 1 heteroatoms. The minimum atomic E-state index is 0.376. The van der Waals surface area contributed by atoms with Crippen LogP contribution in [-0.2, 0) is 0 Å². The standard InChI is InChI=1S/C19H30O/c1-3-4-5-6-16-7-9-17(10-8-16)15(2)18-11-13-19(20)14-12-18/h11-17,20H,3-10H2,1-2H3. The van der Waals surface area contributed by atoms with Crippen molar-refractivity contribution in [3.63, 3.8) is 0 Å². The van der Waals surface area contributed by atoms with Crippen molar-refractivity contribution in [3.05, 3.63) is 29.8 Å². The van der Waals surface area contributed by atoms with Crippen LogP contribution >= 0.6 is 0 Å². The van der Waals surface area contributed by atoms with Gasteiger partial charge in [-0.2, -0.15) is 0 Å². The molecule has 0 bridgehead atoms. The van der Waals surface area contributed by atoms with E-state index < -0.39 is 0 Å². The third kappa shape index (κ3) is 4.26. The summed E-state index contributed by atoms with van der Waals surface area (Å²) in [6.07, 6.45) is 11.3. The molecular weight excluding hydrogens is 244 g/mol. The van der Waals surface area contributed by atoms with E-state index in [1.165, 1.54) is 56.9 Å². The molecule has 1 N–H and O–H groups in total. The second-order valence-corrected chi connectivity index (χ2v) is 6.66. The van der Waals surface area contributed by atoms with Crippen molar-refractivity contribution in [1.82, 2.24) is 0 Å². The number of benzene rings is 1. The first-order valence-electron chi connectivity index (χ1n) is 8.49. The van der Waals surface area contributed by atoms with Crippen LogP contribution in [0.25, 0.3) is 0 Å². The zero-order chi connectivity index (χ0) is 14.4. The van der Waals surface area contributed by atoms with Gasteiger partial charge in [-0.05, 0) is 48.3 Å². The third-order valence-corrected chi connectivity index (χ3v) is 5.23. The van der Waals surface area contributed by atoms with Gasteiger partial charge in [0.05, 0.1) is 0 Å². The number of hydrogen-bond acceptors (Lipinski definition) is 1. The quantitative estimate of drug-likeness (QED) is 0.642. The average Bonchev–Trinajstić information content (AvgIpc) is 2.48. The van der Waals surface area contributed by atoms with Gasteiger partial charge in [-0.3, -0.25) is 0 Å². The van der Waals surface area contributed by atoms with Crippen molar-refractivity contribution in [3.8, 4) is 5.75 Å². The Bertz CT molecular complexity index is 373. The molecule has 1 atom stereocenters. The predicted molar refractivity (Wildman–Crippen MR) is 86.1 cm³/mol. The van der Waals surface area contributed by atoms with Gasteiger partial charge in [-0.15, -0.1) is 0 Å². The fraction of sp³-hybridized carbons (Fsp3) is 0.684. The molecule has 1 unspecified atom stereocenters. The lowest BCUT2D eigenvalue weighted by Crippen LogP contribution is -2.19. The van der Waals surface area contributed by atoms with Crippen LogP contribution in [0.4, 0.5) is 0 Å². The predicted octanol–water partition coefficient (Wildman–Crippen LogP) is 5.88. The molecule has 1 aliphatic rings. The summed E-state index contributed by atoms with van der Waals surface area (Å²) in [4.78, 5) is 0. The minimum Gasteiger partial charge on any atom is -0.508 e. The maximum atomic E-state index is 9.39. The normalized spacial score (nSPS) is 24.5. The van der Waals surface area contributed by atoms with Crippen LogP contribution in [0.3, 0.4) is 0 Å². The summed E-state index contributed by atoms with van der Waals surface area (Å²) >= 11 is 0. The summed E-state index contributed by atoms with van der Waals surface area (Å²) in [5.41, 5.74) is 1.39. The molecule has 0 amide bonds. The molecule has 1 saturated carbocycles. The number of phenols is 1. The lowest BCUT2D eigenvalue weighted by Gasteiger charge is -2.32. The Balaban J connectivity index is 1.79. The maximum absolute atomic E-state index is 9.39. The number of hydrogen-bond donors (Lipinski definition) is 1. The van der Waals surface area contributed by atoms with E-state index in [2.05, 4.69) is 26.0 Å². The molecular formula is C19H30O. The average molecular weight is 274 g/mol. The largest absolute Gasteiger partial charge is 0.508 e. The van der Waals surface area contributed by atoms with E-state index in [-0.39, 0.29) is 0 Å². The Morgan fingerprint density at radius 3 is 2.30 bits per heavy atom. The third-order valence-electron chi connectivity index (χ3n) is 5.23. The van der Waals surface area contributed by atoms with E-state index in [9.17, 15) is 5.11 Å². The van der Waals surface area contributed by atoms with Crippen molar-refractivity contribution in [1.29, 1.82) is 0 Å². The van der Waals surface area contributed by atoms with Crippen LogP contribution in [0.5, 0.6) is 5.75 Å². The van der Waals surface area contributed by atoms with Crippen molar-refractivity contribution in [2.24, 2.45) is 11.8 Å². The lowest BCUT2D eigenvalue weighted by atomic mass is 9.73. The first-order chi connectivity index (χ1) is 9.70. The minimum absolute atomic E-state index is 0.376. The zero-order valence-corrected chi connectivity index (χ0v) is 13.1. The smallest absolute Gasteiger partial charge is 0.115 e. The van der Waals surface area contributed by atoms with Gasteiger partial charge in [0, 0.05) is 0 Å². The fourth-order valence-corrected chi connectivity index (χ4v) is 3.71. The molecule has 0 saturated heterocycles. The Labute approximate surface area is 124 Å². The van der Waals surface area contributed by atoms with E-state index in [0.717, 1.165) is 11.8 Å². The summed E-state index contributed by atoms with van der Waals surface area (Å²) in [6, 6.07) is 7.82. The van der Waals surface area contributed by atoms with Crippen molar-refractivity contribution < 1.29 is 5.11 Å². The number of phenolic OH excluding ortho intramolecular Hbond substituents is 1. The van der Waals surface area contributed by atoms with Gasteiger partial charge in [-0.25, -0.2) is 0 Å². The van der Waals surface area contributed by atoms with Crippen LogP contribution in [0.2, 0.25) is 0 Å². The van der Waals surface area contributed by atoms with E-state index in [0.29, 0.717) is 11.7 Å². The summed E-state index contributed by atoms with van der Waals surface area (Å²) in [5.74, 6) is 2.83. The number of aromatic hydroxyl groups is 1. The summed E-state index contributed by atoms with van der Waals surface area (Å²) < 4.78 is 0. The first kappa shape index (κ1) is 15.4. The van der Waals surface area contributed by atoms with Gasteiger partial charge in [0.25, 0.3) is 0 Å². The highest BCUT2D eigenvalue weighted by atomic mass is 16.3. The molecule has 0 spiro atoms. The molecule has 1 aromatic carbocycles. The van der Waals surface area contributed by atoms with E-state index >= 15 is 0 Å². The molecule has 1 fully saturated rings. The summed E-state index contributed by atoms with van der Waals surface area (Å²) in [7, 11) is 0. The highest BCUT2D eigenvalue weighted by Gasteiger charge is 2.25.